The van der Waals surface area contributed by atoms with Crippen LogP contribution >= 0.6 is 0 Å². The van der Waals surface area contributed by atoms with E-state index < -0.39 is 4.92 Å². The number of nitrogens with one attached hydrogen (secondary N) is 1. The summed E-state index contributed by atoms with van der Waals surface area (Å²) in [6.07, 6.45) is 0. The maximum atomic E-state index is 12.2. The van der Waals surface area contributed by atoms with Gasteiger partial charge in [-0.2, -0.15) is 0 Å². The standard InChI is InChI=1S/C22H20N2O4/c1-16(17-11-13-19(14-12-17)18-7-3-2-4-8-18)23-22(25)15-28-21-10-6-5-9-20(21)24(26)27/h2-14,16H,15H2,1H3,(H,23,25). The van der Waals surface area contributed by atoms with Gasteiger partial charge >= 0.3 is 5.69 Å². The number of rotatable bonds is 7. The van der Waals surface area contributed by atoms with Crippen molar-refractivity contribution in [2.75, 3.05) is 6.61 Å². The van der Waals surface area contributed by atoms with Crippen LogP contribution in [0.4, 0.5) is 5.69 Å². The smallest absolute Gasteiger partial charge is 0.310 e. The second-order valence-corrected chi connectivity index (χ2v) is 6.29. The molecule has 0 aliphatic heterocycles. The zero-order chi connectivity index (χ0) is 19.9. The second kappa shape index (κ2) is 8.81. The fraction of sp³-hybridized carbons (Fsp3) is 0.136. The number of nitro groups is 1. The molecule has 0 heterocycles. The van der Waals surface area contributed by atoms with Crippen molar-refractivity contribution in [2.45, 2.75) is 13.0 Å². The Hall–Kier alpha value is -3.67. The Kier molecular flexibility index (Phi) is 6.01. The summed E-state index contributed by atoms with van der Waals surface area (Å²) in [6, 6.07) is 23.8. The van der Waals surface area contributed by atoms with Crippen molar-refractivity contribution >= 4 is 11.6 Å². The predicted molar refractivity (Wildman–Crippen MR) is 107 cm³/mol. The molecule has 1 N–H and O–H groups in total. The lowest BCUT2D eigenvalue weighted by Gasteiger charge is -2.15. The minimum Gasteiger partial charge on any atom is -0.477 e. The van der Waals surface area contributed by atoms with Gasteiger partial charge in [0.15, 0.2) is 12.4 Å². The number of hydrogen-bond donors (Lipinski definition) is 1. The molecule has 0 aliphatic rings. The van der Waals surface area contributed by atoms with Gasteiger partial charge in [-0.25, -0.2) is 0 Å². The van der Waals surface area contributed by atoms with Crippen molar-refractivity contribution in [1.82, 2.24) is 5.32 Å². The molecule has 0 saturated carbocycles. The van der Waals surface area contributed by atoms with Gasteiger partial charge in [-0.3, -0.25) is 14.9 Å². The van der Waals surface area contributed by atoms with E-state index in [0.717, 1.165) is 16.7 Å². The van der Waals surface area contributed by atoms with Crippen molar-refractivity contribution in [3.63, 3.8) is 0 Å². The molecule has 3 aromatic rings. The summed E-state index contributed by atoms with van der Waals surface area (Å²) in [5.41, 5.74) is 3.02. The minimum atomic E-state index is -0.538. The summed E-state index contributed by atoms with van der Waals surface area (Å²) in [5, 5.41) is 13.8. The maximum absolute atomic E-state index is 12.2. The molecule has 142 valence electrons. The van der Waals surface area contributed by atoms with Gasteiger partial charge in [-0.15, -0.1) is 0 Å². The van der Waals surface area contributed by atoms with Crippen molar-refractivity contribution in [2.24, 2.45) is 0 Å². The molecule has 28 heavy (non-hydrogen) atoms. The number of amides is 1. The number of nitro benzene ring substituents is 1. The van der Waals surface area contributed by atoms with E-state index in [0.29, 0.717) is 0 Å². The summed E-state index contributed by atoms with van der Waals surface area (Å²) in [4.78, 5) is 22.6. The Bertz CT molecular complexity index is 956. The Morgan fingerprint density at radius 3 is 2.25 bits per heavy atom. The number of hydrogen-bond acceptors (Lipinski definition) is 4. The topological polar surface area (TPSA) is 81.5 Å². The molecule has 1 atom stereocenters. The number of para-hydroxylation sites is 2. The van der Waals surface area contributed by atoms with E-state index in [4.69, 9.17) is 4.74 Å². The molecule has 0 saturated heterocycles. The number of carbonyl (C=O) groups excluding carboxylic acids is 1. The molecule has 0 spiro atoms. The third-order valence-electron chi connectivity index (χ3n) is 4.32. The summed E-state index contributed by atoms with van der Waals surface area (Å²) < 4.78 is 5.32. The van der Waals surface area contributed by atoms with Gasteiger partial charge in [0.1, 0.15) is 0 Å². The highest BCUT2D eigenvalue weighted by atomic mass is 16.6. The van der Waals surface area contributed by atoms with Crippen LogP contribution in [-0.4, -0.2) is 17.4 Å². The summed E-state index contributed by atoms with van der Waals surface area (Å²) in [7, 11) is 0. The van der Waals surface area contributed by atoms with Gasteiger partial charge in [0, 0.05) is 6.07 Å². The molecular formula is C22H20N2O4. The number of benzene rings is 3. The minimum absolute atomic E-state index is 0.0718. The van der Waals surface area contributed by atoms with E-state index in [1.807, 2.05) is 61.5 Å². The first-order valence-electron chi connectivity index (χ1n) is 8.85. The lowest BCUT2D eigenvalue weighted by atomic mass is 10.0. The van der Waals surface area contributed by atoms with Gasteiger partial charge in [0.05, 0.1) is 11.0 Å². The lowest BCUT2D eigenvalue weighted by molar-refractivity contribution is -0.385. The first-order chi connectivity index (χ1) is 13.5. The van der Waals surface area contributed by atoms with E-state index >= 15 is 0 Å². The average Bonchev–Trinajstić information content (AvgIpc) is 2.73. The van der Waals surface area contributed by atoms with Crippen LogP contribution in [0.5, 0.6) is 5.75 Å². The predicted octanol–water partition coefficient (Wildman–Crippen LogP) is 4.52. The highest BCUT2D eigenvalue weighted by Crippen LogP contribution is 2.26. The zero-order valence-electron chi connectivity index (χ0n) is 15.4. The Labute approximate surface area is 162 Å². The molecule has 0 fully saturated rings. The van der Waals surface area contributed by atoms with Crippen LogP contribution in [-0.2, 0) is 4.79 Å². The van der Waals surface area contributed by atoms with Gasteiger partial charge in [0.2, 0.25) is 0 Å². The molecule has 6 heteroatoms. The van der Waals surface area contributed by atoms with Crippen molar-refractivity contribution < 1.29 is 14.5 Å². The van der Waals surface area contributed by atoms with Gasteiger partial charge in [-0.1, -0.05) is 66.7 Å². The summed E-state index contributed by atoms with van der Waals surface area (Å²) in [5.74, 6) is -0.277. The van der Waals surface area contributed by atoms with Gasteiger partial charge in [0.25, 0.3) is 5.91 Å². The molecule has 1 amide bonds. The largest absolute Gasteiger partial charge is 0.477 e. The Balaban J connectivity index is 1.58. The van der Waals surface area contributed by atoms with Crippen LogP contribution in [0.1, 0.15) is 18.5 Å². The molecular weight excluding hydrogens is 356 g/mol. The van der Waals surface area contributed by atoms with E-state index in [9.17, 15) is 14.9 Å². The van der Waals surface area contributed by atoms with Crippen LogP contribution < -0.4 is 10.1 Å². The fourth-order valence-electron chi connectivity index (χ4n) is 2.83. The zero-order valence-corrected chi connectivity index (χ0v) is 15.4. The monoisotopic (exact) mass is 376 g/mol. The number of carbonyl (C=O) groups is 1. The molecule has 0 aliphatic carbocycles. The quantitative estimate of drug-likeness (QED) is 0.486. The van der Waals surface area contributed by atoms with Crippen LogP contribution in [0.2, 0.25) is 0 Å². The molecule has 3 rings (SSSR count). The molecule has 0 aromatic heterocycles. The molecule has 1 unspecified atom stereocenters. The van der Waals surface area contributed by atoms with Crippen LogP contribution in [0.3, 0.4) is 0 Å². The van der Waals surface area contributed by atoms with E-state index in [1.54, 1.807) is 12.1 Å². The van der Waals surface area contributed by atoms with Crippen molar-refractivity contribution in [3.8, 4) is 16.9 Å². The van der Waals surface area contributed by atoms with Crippen LogP contribution in [0.15, 0.2) is 78.9 Å². The molecule has 0 bridgehead atoms. The highest BCUT2D eigenvalue weighted by molar-refractivity contribution is 5.78. The number of ether oxygens (including phenoxy) is 1. The third-order valence-corrected chi connectivity index (χ3v) is 4.32. The van der Waals surface area contributed by atoms with Gasteiger partial charge < -0.3 is 10.1 Å². The number of nitrogens with zero attached hydrogens (tertiary/aromatic N) is 1. The highest BCUT2D eigenvalue weighted by Gasteiger charge is 2.16. The molecule has 0 radical (unpaired) electrons. The Morgan fingerprint density at radius 2 is 1.57 bits per heavy atom. The van der Waals surface area contributed by atoms with Crippen molar-refractivity contribution in [1.29, 1.82) is 0 Å². The van der Waals surface area contributed by atoms with Gasteiger partial charge in [-0.05, 0) is 29.7 Å². The SMILES string of the molecule is CC(NC(=O)COc1ccccc1[N+](=O)[O-])c1ccc(-c2ccccc2)cc1. The average molecular weight is 376 g/mol. The fourth-order valence-corrected chi connectivity index (χ4v) is 2.83. The molecule has 6 nitrogen and oxygen atoms in total. The van der Waals surface area contributed by atoms with E-state index in [2.05, 4.69) is 5.32 Å². The third kappa shape index (κ3) is 4.73. The Morgan fingerprint density at radius 1 is 0.964 bits per heavy atom. The second-order valence-electron chi connectivity index (χ2n) is 6.29. The normalized spacial score (nSPS) is 11.5. The molecule has 3 aromatic carbocycles. The summed E-state index contributed by atoms with van der Waals surface area (Å²) >= 11 is 0. The maximum Gasteiger partial charge on any atom is 0.310 e. The first-order valence-corrected chi connectivity index (χ1v) is 8.85. The van der Waals surface area contributed by atoms with Crippen molar-refractivity contribution in [3.05, 3.63) is 94.5 Å². The van der Waals surface area contributed by atoms with E-state index in [1.165, 1.54) is 12.1 Å². The van der Waals surface area contributed by atoms with E-state index in [-0.39, 0.29) is 30.0 Å². The lowest BCUT2D eigenvalue weighted by Crippen LogP contribution is -2.31. The summed E-state index contributed by atoms with van der Waals surface area (Å²) in [6.45, 7) is 1.58. The van der Waals surface area contributed by atoms with Crippen LogP contribution in [0.25, 0.3) is 11.1 Å². The van der Waals surface area contributed by atoms with Crippen LogP contribution in [0, 0.1) is 10.1 Å². The first kappa shape index (κ1) is 19.1.